The predicted octanol–water partition coefficient (Wildman–Crippen LogP) is 0.902. The van der Waals surface area contributed by atoms with E-state index in [1.165, 1.54) is 20.8 Å². The van der Waals surface area contributed by atoms with E-state index >= 15 is 0 Å². The molecule has 80 valence electrons. The first-order valence-corrected chi connectivity index (χ1v) is 5.75. The van der Waals surface area contributed by atoms with Crippen LogP contribution in [0.4, 0.5) is 0 Å². The average Bonchev–Trinajstić information content (AvgIpc) is 1.83. The molecule has 0 rings (SSSR count). The van der Waals surface area contributed by atoms with Gasteiger partial charge in [0.05, 0.1) is 11.4 Å². The summed E-state index contributed by atoms with van der Waals surface area (Å²) in [6.07, 6.45) is 0. The Morgan fingerprint density at radius 2 is 1.62 bits per heavy atom. The van der Waals surface area contributed by atoms with E-state index in [1.807, 2.05) is 0 Å². The molecule has 0 bridgehead atoms. The van der Waals surface area contributed by atoms with Gasteiger partial charge in [-0.1, -0.05) is 0 Å². The van der Waals surface area contributed by atoms with Crippen LogP contribution in [0.3, 0.4) is 0 Å². The van der Waals surface area contributed by atoms with Crippen molar-refractivity contribution in [3.05, 3.63) is 0 Å². The Balaban J connectivity index is 4.72. The van der Waals surface area contributed by atoms with Crippen molar-refractivity contribution < 1.29 is 17.7 Å². The van der Waals surface area contributed by atoms with Gasteiger partial charge < -0.3 is 5.11 Å². The molecule has 0 radical (unpaired) electrons. The van der Waals surface area contributed by atoms with Crippen molar-refractivity contribution in [2.45, 2.75) is 45.8 Å². The van der Waals surface area contributed by atoms with Gasteiger partial charge in [0.15, 0.2) is 0 Å². The zero-order valence-corrected chi connectivity index (χ0v) is 9.60. The van der Waals surface area contributed by atoms with Crippen LogP contribution in [0.1, 0.15) is 34.6 Å². The SMILES string of the molecule is CCS(=O)(=O)OC(C)(C)C(C)(C)O. The van der Waals surface area contributed by atoms with Gasteiger partial charge in [0.1, 0.15) is 5.60 Å². The van der Waals surface area contributed by atoms with Crippen LogP contribution in [0, 0.1) is 0 Å². The molecule has 0 atom stereocenters. The maximum absolute atomic E-state index is 11.1. The van der Waals surface area contributed by atoms with Crippen LogP contribution in [0.5, 0.6) is 0 Å². The Hall–Kier alpha value is -0.130. The molecular formula is C8H18O4S. The van der Waals surface area contributed by atoms with Crippen molar-refractivity contribution in [3.8, 4) is 0 Å². The largest absolute Gasteiger partial charge is 0.387 e. The summed E-state index contributed by atoms with van der Waals surface area (Å²) >= 11 is 0. The molecule has 0 aromatic rings. The van der Waals surface area contributed by atoms with Gasteiger partial charge in [0, 0.05) is 0 Å². The highest BCUT2D eigenvalue weighted by Crippen LogP contribution is 2.26. The van der Waals surface area contributed by atoms with Crippen molar-refractivity contribution in [3.63, 3.8) is 0 Å². The molecule has 1 N–H and O–H groups in total. The van der Waals surface area contributed by atoms with Crippen LogP contribution in [-0.2, 0) is 14.3 Å². The van der Waals surface area contributed by atoms with Gasteiger partial charge in [0.25, 0.3) is 10.1 Å². The van der Waals surface area contributed by atoms with Crippen molar-refractivity contribution in [1.29, 1.82) is 0 Å². The molecule has 0 aromatic carbocycles. The van der Waals surface area contributed by atoms with Crippen LogP contribution >= 0.6 is 0 Å². The number of hydrogen-bond acceptors (Lipinski definition) is 4. The highest BCUT2D eigenvalue weighted by atomic mass is 32.2. The molecule has 13 heavy (non-hydrogen) atoms. The Morgan fingerprint density at radius 3 is 1.85 bits per heavy atom. The first-order chi connectivity index (χ1) is 5.52. The second-order valence-electron chi connectivity index (χ2n) is 4.00. The molecule has 5 heteroatoms. The van der Waals surface area contributed by atoms with Gasteiger partial charge >= 0.3 is 0 Å². The minimum Gasteiger partial charge on any atom is -0.387 e. The summed E-state index contributed by atoms with van der Waals surface area (Å²) in [4.78, 5) is 0. The molecule has 0 aromatic heterocycles. The third kappa shape index (κ3) is 3.62. The summed E-state index contributed by atoms with van der Waals surface area (Å²) in [7, 11) is -3.52. The van der Waals surface area contributed by atoms with E-state index in [-0.39, 0.29) is 5.75 Å². The van der Waals surface area contributed by atoms with E-state index in [9.17, 15) is 13.5 Å². The molecule has 0 heterocycles. The predicted molar refractivity (Wildman–Crippen MR) is 50.9 cm³/mol. The Kier molecular flexibility index (Phi) is 3.52. The molecule has 0 aliphatic rings. The number of rotatable bonds is 4. The number of aliphatic hydroxyl groups is 1. The van der Waals surface area contributed by atoms with E-state index in [0.29, 0.717) is 0 Å². The van der Waals surface area contributed by atoms with Gasteiger partial charge in [-0.15, -0.1) is 0 Å². The lowest BCUT2D eigenvalue weighted by molar-refractivity contribution is -0.0874. The lowest BCUT2D eigenvalue weighted by Gasteiger charge is -2.35. The maximum atomic E-state index is 11.1. The quantitative estimate of drug-likeness (QED) is 0.700. The van der Waals surface area contributed by atoms with Gasteiger partial charge in [-0.25, -0.2) is 0 Å². The van der Waals surface area contributed by atoms with Crippen molar-refractivity contribution >= 4 is 10.1 Å². The van der Waals surface area contributed by atoms with E-state index < -0.39 is 21.3 Å². The molecule has 4 nitrogen and oxygen atoms in total. The molecule has 0 unspecified atom stereocenters. The Bertz CT molecular complexity index is 258. The third-order valence-electron chi connectivity index (χ3n) is 2.16. The summed E-state index contributed by atoms with van der Waals surface area (Å²) in [5.74, 6) is -0.0908. The van der Waals surface area contributed by atoms with Gasteiger partial charge in [-0.2, -0.15) is 8.42 Å². The molecular weight excluding hydrogens is 192 g/mol. The lowest BCUT2D eigenvalue weighted by atomic mass is 9.90. The molecule has 0 fully saturated rings. The second kappa shape index (κ2) is 3.55. The summed E-state index contributed by atoms with van der Waals surface area (Å²) in [5.41, 5.74) is -2.31. The molecule has 0 aliphatic carbocycles. The maximum Gasteiger partial charge on any atom is 0.267 e. The monoisotopic (exact) mass is 210 g/mol. The van der Waals surface area contributed by atoms with Crippen LogP contribution in [0.25, 0.3) is 0 Å². The minimum atomic E-state index is -3.52. The van der Waals surface area contributed by atoms with E-state index in [1.54, 1.807) is 13.8 Å². The molecule has 0 saturated carbocycles. The fourth-order valence-corrected chi connectivity index (χ4v) is 1.43. The number of hydrogen-bond donors (Lipinski definition) is 1. The minimum absolute atomic E-state index is 0.0908. The van der Waals surface area contributed by atoms with E-state index in [0.717, 1.165) is 0 Å². The smallest absolute Gasteiger partial charge is 0.267 e. The van der Waals surface area contributed by atoms with Crippen LogP contribution in [0.2, 0.25) is 0 Å². The van der Waals surface area contributed by atoms with Crippen molar-refractivity contribution in [2.24, 2.45) is 0 Å². The normalized spacial score (nSPS) is 14.6. The lowest BCUT2D eigenvalue weighted by Crippen LogP contribution is -2.48. The van der Waals surface area contributed by atoms with Crippen LogP contribution in [-0.4, -0.2) is 30.5 Å². The first-order valence-electron chi connectivity index (χ1n) is 4.17. The highest BCUT2D eigenvalue weighted by Gasteiger charge is 2.39. The van der Waals surface area contributed by atoms with E-state index in [4.69, 9.17) is 4.18 Å². The molecule has 0 saturated heterocycles. The average molecular weight is 210 g/mol. The van der Waals surface area contributed by atoms with Crippen molar-refractivity contribution in [1.82, 2.24) is 0 Å². The Morgan fingerprint density at radius 1 is 1.23 bits per heavy atom. The summed E-state index contributed by atoms with van der Waals surface area (Å²) < 4.78 is 27.1. The van der Waals surface area contributed by atoms with Gasteiger partial charge in [-0.3, -0.25) is 4.18 Å². The zero-order valence-electron chi connectivity index (χ0n) is 8.79. The van der Waals surface area contributed by atoms with Crippen molar-refractivity contribution in [2.75, 3.05) is 5.75 Å². The second-order valence-corrected chi connectivity index (χ2v) is 5.86. The summed E-state index contributed by atoms with van der Waals surface area (Å²) in [6.45, 7) is 7.60. The van der Waals surface area contributed by atoms with Crippen LogP contribution in [0.15, 0.2) is 0 Å². The fourth-order valence-electron chi connectivity index (χ4n) is 0.478. The molecule has 0 aliphatic heterocycles. The topological polar surface area (TPSA) is 63.6 Å². The van der Waals surface area contributed by atoms with Gasteiger partial charge in [-0.05, 0) is 34.6 Å². The Labute approximate surface area is 80.0 Å². The van der Waals surface area contributed by atoms with E-state index in [2.05, 4.69) is 0 Å². The zero-order chi connectivity index (χ0) is 10.9. The summed E-state index contributed by atoms with van der Waals surface area (Å²) in [6, 6.07) is 0. The highest BCUT2D eigenvalue weighted by molar-refractivity contribution is 7.86. The summed E-state index contributed by atoms with van der Waals surface area (Å²) in [5, 5.41) is 9.61. The standard InChI is InChI=1S/C8H18O4S/c1-6-13(10,11)12-8(4,5)7(2,3)9/h9H,6H2,1-5H3. The molecule has 0 spiro atoms. The van der Waals surface area contributed by atoms with Gasteiger partial charge in [0.2, 0.25) is 0 Å². The third-order valence-corrected chi connectivity index (χ3v) is 3.54. The first kappa shape index (κ1) is 12.9. The molecule has 0 amide bonds. The van der Waals surface area contributed by atoms with Crippen LogP contribution < -0.4 is 0 Å². The fraction of sp³-hybridized carbons (Fsp3) is 1.00.